The van der Waals surface area contributed by atoms with Gasteiger partial charge in [-0.1, -0.05) is 81.0 Å². The van der Waals surface area contributed by atoms with Gasteiger partial charge in [-0.2, -0.15) is 0 Å². The molecule has 11 heteroatoms. The van der Waals surface area contributed by atoms with Crippen LogP contribution < -0.4 is 10.2 Å². The van der Waals surface area contributed by atoms with Crippen molar-refractivity contribution < 1.29 is 38.5 Å². The lowest BCUT2D eigenvalue weighted by Gasteiger charge is -2.41. The summed E-state index contributed by atoms with van der Waals surface area (Å²) in [7, 11) is 1.51. The third-order valence-corrected chi connectivity index (χ3v) is 11.4. The van der Waals surface area contributed by atoms with Crippen molar-refractivity contribution >= 4 is 29.4 Å². The smallest absolute Gasteiger partial charge is 0.313 e. The van der Waals surface area contributed by atoms with Crippen molar-refractivity contribution in [3.63, 3.8) is 0 Å². The second kappa shape index (κ2) is 17.2. The summed E-state index contributed by atoms with van der Waals surface area (Å²) < 4.78 is 18.6. The van der Waals surface area contributed by atoms with Gasteiger partial charge in [0.25, 0.3) is 5.91 Å². The number of para-hydroxylation sites is 1. The number of fused-ring (bicyclic) bond motifs is 1. The number of likely N-dealkylation sites (tertiary alicyclic amines) is 1. The van der Waals surface area contributed by atoms with E-state index in [1.165, 1.54) is 12.0 Å². The second-order valence-electron chi connectivity index (χ2n) is 14.6. The number of rotatable bonds is 18. The van der Waals surface area contributed by atoms with Gasteiger partial charge < -0.3 is 34.4 Å². The minimum Gasteiger partial charge on any atom is -0.455 e. The van der Waals surface area contributed by atoms with Crippen LogP contribution in [0.5, 0.6) is 0 Å². The van der Waals surface area contributed by atoms with Crippen molar-refractivity contribution in [2.24, 2.45) is 17.8 Å². The third kappa shape index (κ3) is 7.57. The molecule has 0 unspecified atom stereocenters. The van der Waals surface area contributed by atoms with E-state index < -0.39 is 59.6 Å². The third-order valence-electron chi connectivity index (χ3n) is 11.4. The van der Waals surface area contributed by atoms with Crippen molar-refractivity contribution in [1.82, 2.24) is 10.2 Å². The van der Waals surface area contributed by atoms with E-state index in [1.807, 2.05) is 76.2 Å². The molecule has 3 aliphatic heterocycles. The van der Waals surface area contributed by atoms with Crippen molar-refractivity contribution in [3.05, 3.63) is 90.5 Å². The SMILES string of the molecule is C=CCCC(=O)N[C@@H](COC)[C@@H](OC(=O)[C@@H]1[C@H]2C(=O)N([C@@H](CO)[C@@H](C)CC)[C@H](C(=O)N(CC=C)c3c(C)cccc3C)[C@]23CC[C@H]1O3)c1ccccc1. The van der Waals surface area contributed by atoms with Gasteiger partial charge in [-0.05, 0) is 55.7 Å². The fourth-order valence-corrected chi connectivity index (χ4v) is 8.73. The lowest BCUT2D eigenvalue weighted by molar-refractivity contribution is -0.163. The predicted molar refractivity (Wildman–Crippen MR) is 202 cm³/mol. The standard InChI is InChI=1S/C42H55N3O8/c1-8-11-20-33(47)43-30(25-51-7)37(29-18-13-12-14-19-29)52-41(50)34-32-21-22-42(53-32)35(34)39(48)45(31(24-46)26(4)10-3)38(42)40(49)44(23-9-2)36-27(5)16-15-17-28(36)6/h8-9,12-19,26,30-32,34-35,37-38,46H,1-2,10-11,20-25H2,3-7H3,(H,43,47)/t26-,30-,31-,32+,34-,35-,37-,38+,42-/m0/s1. The molecular weight excluding hydrogens is 674 g/mol. The maximum absolute atomic E-state index is 15.2. The molecule has 11 nitrogen and oxygen atoms in total. The zero-order valence-electron chi connectivity index (χ0n) is 31.7. The first-order valence-electron chi connectivity index (χ1n) is 18.7. The highest BCUT2D eigenvalue weighted by Gasteiger charge is 2.76. The van der Waals surface area contributed by atoms with Gasteiger partial charge in [0.2, 0.25) is 11.8 Å². The van der Waals surface area contributed by atoms with Crippen molar-refractivity contribution in [3.8, 4) is 0 Å². The van der Waals surface area contributed by atoms with E-state index in [0.717, 1.165) is 16.8 Å². The fourth-order valence-electron chi connectivity index (χ4n) is 8.73. The lowest BCUT2D eigenvalue weighted by atomic mass is 9.70. The van der Waals surface area contributed by atoms with E-state index in [1.54, 1.807) is 17.1 Å². The van der Waals surface area contributed by atoms with Gasteiger partial charge in [0.15, 0.2) is 0 Å². The molecule has 1 spiro atoms. The Kier molecular flexibility index (Phi) is 13.0. The topological polar surface area (TPSA) is 135 Å². The Morgan fingerprint density at radius 3 is 2.42 bits per heavy atom. The van der Waals surface area contributed by atoms with Gasteiger partial charge >= 0.3 is 5.97 Å². The largest absolute Gasteiger partial charge is 0.455 e. The van der Waals surface area contributed by atoms with Crippen LogP contribution in [0.15, 0.2) is 73.8 Å². The molecule has 2 N–H and O–H groups in total. The van der Waals surface area contributed by atoms with E-state index in [9.17, 15) is 19.5 Å². The van der Waals surface area contributed by atoms with Gasteiger partial charge in [-0.15, -0.1) is 13.2 Å². The van der Waals surface area contributed by atoms with Crippen LogP contribution in [0.4, 0.5) is 5.69 Å². The van der Waals surface area contributed by atoms with Crippen LogP contribution in [0.1, 0.15) is 68.7 Å². The van der Waals surface area contributed by atoms with E-state index in [2.05, 4.69) is 18.5 Å². The van der Waals surface area contributed by atoms with Crippen LogP contribution >= 0.6 is 0 Å². The number of ether oxygens (including phenoxy) is 3. The summed E-state index contributed by atoms with van der Waals surface area (Å²) in [5, 5.41) is 13.8. The number of aliphatic hydroxyl groups is 1. The first kappa shape index (κ1) is 39.9. The number of benzene rings is 2. The molecule has 3 aliphatic rings. The molecule has 3 fully saturated rings. The molecule has 2 aromatic rings. The molecule has 0 aliphatic carbocycles. The molecule has 9 atom stereocenters. The Morgan fingerprint density at radius 1 is 1.11 bits per heavy atom. The Morgan fingerprint density at radius 2 is 1.81 bits per heavy atom. The van der Waals surface area contributed by atoms with Gasteiger partial charge in [0.1, 0.15) is 17.7 Å². The quantitative estimate of drug-likeness (QED) is 0.162. The molecule has 3 heterocycles. The van der Waals surface area contributed by atoms with E-state index in [0.29, 0.717) is 31.2 Å². The highest BCUT2D eigenvalue weighted by atomic mass is 16.6. The first-order valence-corrected chi connectivity index (χ1v) is 18.7. The summed E-state index contributed by atoms with van der Waals surface area (Å²) in [6.07, 6.45) is 3.84. The number of anilines is 1. The summed E-state index contributed by atoms with van der Waals surface area (Å²) in [5.41, 5.74) is 1.81. The maximum Gasteiger partial charge on any atom is 0.313 e. The molecule has 0 saturated carbocycles. The number of allylic oxidation sites excluding steroid dienone is 1. The summed E-state index contributed by atoms with van der Waals surface area (Å²) in [6.45, 7) is 15.3. The van der Waals surface area contributed by atoms with Crippen LogP contribution in [0.25, 0.3) is 0 Å². The highest BCUT2D eigenvalue weighted by molar-refractivity contribution is 6.05. The molecule has 3 amide bonds. The zero-order valence-corrected chi connectivity index (χ0v) is 31.7. The molecule has 3 saturated heterocycles. The fraction of sp³-hybridized carbons (Fsp3) is 0.524. The summed E-state index contributed by atoms with van der Waals surface area (Å²) in [5.74, 6) is -3.86. The number of aryl methyl sites for hydroxylation is 2. The molecule has 0 radical (unpaired) electrons. The number of nitrogens with zero attached hydrogens (tertiary/aromatic N) is 2. The predicted octanol–water partition coefficient (Wildman–Crippen LogP) is 4.99. The number of aliphatic hydroxyl groups excluding tert-OH is 1. The first-order chi connectivity index (χ1) is 25.5. The Bertz CT molecular complexity index is 1640. The van der Waals surface area contributed by atoms with Crippen molar-refractivity contribution in [2.45, 2.75) is 95.7 Å². The number of esters is 1. The van der Waals surface area contributed by atoms with Crippen LogP contribution in [0.3, 0.4) is 0 Å². The minimum atomic E-state index is -1.33. The van der Waals surface area contributed by atoms with Crippen molar-refractivity contribution in [2.75, 3.05) is 31.8 Å². The van der Waals surface area contributed by atoms with Crippen LogP contribution in [-0.2, 0) is 33.4 Å². The molecule has 2 bridgehead atoms. The number of hydrogen-bond acceptors (Lipinski definition) is 8. The zero-order chi connectivity index (χ0) is 38.4. The Balaban J connectivity index is 1.57. The van der Waals surface area contributed by atoms with Crippen molar-refractivity contribution in [1.29, 1.82) is 0 Å². The van der Waals surface area contributed by atoms with Gasteiger partial charge in [0.05, 0.1) is 43.2 Å². The normalized spacial score (nSPS) is 25.2. The molecule has 286 valence electrons. The Labute approximate surface area is 313 Å². The molecule has 2 aromatic carbocycles. The number of amides is 3. The molecule has 5 rings (SSSR count). The average molecular weight is 730 g/mol. The van der Waals surface area contributed by atoms with Crippen LogP contribution in [0, 0.1) is 31.6 Å². The minimum absolute atomic E-state index is 0.0540. The lowest BCUT2D eigenvalue weighted by Crippen LogP contribution is -2.60. The van der Waals surface area contributed by atoms with Gasteiger partial charge in [-0.3, -0.25) is 19.2 Å². The maximum atomic E-state index is 15.2. The van der Waals surface area contributed by atoms with Gasteiger partial charge in [0, 0.05) is 25.8 Å². The number of carbonyl (C=O) groups is 4. The summed E-state index contributed by atoms with van der Waals surface area (Å²) in [6, 6.07) is 12.4. The number of hydrogen-bond donors (Lipinski definition) is 2. The van der Waals surface area contributed by atoms with E-state index >= 15 is 4.79 Å². The monoisotopic (exact) mass is 729 g/mol. The molecule has 0 aromatic heterocycles. The van der Waals surface area contributed by atoms with Crippen LogP contribution in [-0.4, -0.2) is 90.4 Å². The van der Waals surface area contributed by atoms with E-state index in [4.69, 9.17) is 14.2 Å². The second-order valence-corrected chi connectivity index (χ2v) is 14.6. The molecule has 53 heavy (non-hydrogen) atoms. The number of nitrogens with one attached hydrogen (secondary N) is 1. The van der Waals surface area contributed by atoms with Gasteiger partial charge in [-0.25, -0.2) is 0 Å². The van der Waals surface area contributed by atoms with E-state index in [-0.39, 0.29) is 43.9 Å². The highest BCUT2D eigenvalue weighted by Crippen LogP contribution is 2.60. The molecular formula is C42H55N3O8. The summed E-state index contributed by atoms with van der Waals surface area (Å²) >= 11 is 0. The summed E-state index contributed by atoms with van der Waals surface area (Å²) in [4.78, 5) is 60.9. The number of methoxy groups -OCH3 is 1. The van der Waals surface area contributed by atoms with Crippen LogP contribution in [0.2, 0.25) is 0 Å². The average Bonchev–Trinajstić information content (AvgIpc) is 3.80. The Hall–Kier alpha value is -4.32. The number of carbonyl (C=O) groups excluding carboxylic acids is 4.